The number of nitrogens with two attached hydrogens (primary N) is 1. The molecule has 0 bridgehead atoms. The van der Waals surface area contributed by atoms with Crippen molar-refractivity contribution in [2.75, 3.05) is 20.8 Å². The maximum atomic E-state index is 5.61. The van der Waals surface area contributed by atoms with E-state index in [1.165, 1.54) is 11.1 Å². The lowest BCUT2D eigenvalue weighted by molar-refractivity contribution is 0.419. The maximum absolute atomic E-state index is 5.61. The zero-order valence-electron chi connectivity index (χ0n) is 9.79. The Morgan fingerprint density at radius 1 is 1.20 bits per heavy atom. The first-order chi connectivity index (χ1) is 7.15. The Labute approximate surface area is 95.2 Å². The molecule has 3 nitrogen and oxygen atoms in total. The van der Waals surface area contributed by atoms with E-state index in [1.807, 2.05) is 0 Å². The molecule has 0 unspecified atom stereocenters. The van der Waals surface area contributed by atoms with Gasteiger partial charge in [-0.25, -0.2) is 0 Å². The molecule has 1 aromatic heterocycles. The number of ether oxygens (including phenoxy) is 2. The highest BCUT2D eigenvalue weighted by Crippen LogP contribution is 2.44. The van der Waals surface area contributed by atoms with Crippen LogP contribution >= 0.6 is 11.3 Å². The Morgan fingerprint density at radius 2 is 1.80 bits per heavy atom. The van der Waals surface area contributed by atoms with E-state index in [9.17, 15) is 0 Å². The van der Waals surface area contributed by atoms with E-state index in [0.29, 0.717) is 12.5 Å². The highest BCUT2D eigenvalue weighted by atomic mass is 32.1. The van der Waals surface area contributed by atoms with Gasteiger partial charge in [0.2, 0.25) is 0 Å². The molecule has 0 amide bonds. The van der Waals surface area contributed by atoms with Crippen LogP contribution in [0.2, 0.25) is 0 Å². The van der Waals surface area contributed by atoms with Crippen LogP contribution < -0.4 is 15.2 Å². The Balaban J connectivity index is 3.21. The van der Waals surface area contributed by atoms with Crippen LogP contribution in [-0.4, -0.2) is 20.8 Å². The van der Waals surface area contributed by atoms with Gasteiger partial charge < -0.3 is 15.2 Å². The van der Waals surface area contributed by atoms with Gasteiger partial charge in [-0.1, -0.05) is 25.2 Å². The van der Waals surface area contributed by atoms with E-state index in [4.69, 9.17) is 15.2 Å². The van der Waals surface area contributed by atoms with Crippen molar-refractivity contribution in [3.8, 4) is 10.1 Å². The average Bonchev–Trinajstić information content (AvgIpc) is 2.56. The number of hydrogen-bond donors (Lipinski definition) is 1. The summed E-state index contributed by atoms with van der Waals surface area (Å²) in [5.74, 6) is 0.432. The Hall–Kier alpha value is -0.740. The van der Waals surface area contributed by atoms with Crippen LogP contribution in [0.4, 0.5) is 0 Å². The van der Waals surface area contributed by atoms with Crippen LogP contribution in [0.15, 0.2) is 0 Å². The number of methoxy groups -OCH3 is 2. The van der Waals surface area contributed by atoms with Crippen molar-refractivity contribution in [3.63, 3.8) is 0 Å². The molecule has 0 spiro atoms. The van der Waals surface area contributed by atoms with Crippen LogP contribution in [0.25, 0.3) is 0 Å². The summed E-state index contributed by atoms with van der Waals surface area (Å²) in [4.78, 5) is 0. The normalized spacial score (nSPS) is 10.8. The van der Waals surface area contributed by atoms with Crippen molar-refractivity contribution in [1.82, 2.24) is 0 Å². The Bertz CT molecular complexity index is 321. The molecule has 0 aliphatic heterocycles. The largest absolute Gasteiger partial charge is 0.487 e. The van der Waals surface area contributed by atoms with Gasteiger partial charge in [0.15, 0.2) is 10.1 Å². The van der Waals surface area contributed by atoms with Crippen LogP contribution in [-0.2, 0) is 6.42 Å². The summed E-state index contributed by atoms with van der Waals surface area (Å²) in [6, 6.07) is 0. The molecule has 0 saturated carbocycles. The summed E-state index contributed by atoms with van der Waals surface area (Å²) in [7, 11) is 3.39. The fraction of sp³-hybridized carbons (Fsp3) is 0.636. The van der Waals surface area contributed by atoms with Crippen molar-refractivity contribution >= 4 is 11.3 Å². The minimum absolute atomic E-state index is 0.432. The molecule has 86 valence electrons. The summed E-state index contributed by atoms with van der Waals surface area (Å²) in [6.07, 6.45) is 0.844. The first-order valence-electron chi connectivity index (χ1n) is 5.09. The summed E-state index contributed by atoms with van der Waals surface area (Å²) >= 11 is 1.55. The molecule has 0 saturated heterocycles. The number of thiophene rings is 1. The molecule has 0 aromatic carbocycles. The molecule has 1 aromatic rings. The van der Waals surface area contributed by atoms with Crippen LogP contribution in [0, 0.1) is 0 Å². The van der Waals surface area contributed by atoms with Gasteiger partial charge in [0.05, 0.1) is 14.2 Å². The van der Waals surface area contributed by atoms with Crippen molar-refractivity contribution in [2.24, 2.45) is 5.73 Å². The third-order valence-electron chi connectivity index (χ3n) is 2.32. The van der Waals surface area contributed by atoms with Crippen LogP contribution in [0.1, 0.15) is 30.9 Å². The van der Waals surface area contributed by atoms with Gasteiger partial charge in [-0.2, -0.15) is 0 Å². The molecule has 1 rings (SSSR count). The van der Waals surface area contributed by atoms with Gasteiger partial charge in [-0.05, 0) is 18.9 Å². The predicted molar refractivity (Wildman–Crippen MR) is 64.3 cm³/mol. The third kappa shape index (κ3) is 2.44. The lowest BCUT2D eigenvalue weighted by Gasteiger charge is -2.09. The van der Waals surface area contributed by atoms with Crippen molar-refractivity contribution < 1.29 is 9.47 Å². The smallest absolute Gasteiger partial charge is 0.180 e. The minimum Gasteiger partial charge on any atom is -0.487 e. The van der Waals surface area contributed by atoms with Crippen molar-refractivity contribution in [2.45, 2.75) is 26.2 Å². The summed E-state index contributed by atoms with van der Waals surface area (Å²) in [5.41, 5.74) is 8.06. The zero-order chi connectivity index (χ0) is 11.4. The quantitative estimate of drug-likeness (QED) is 0.843. The molecule has 0 aliphatic rings. The minimum atomic E-state index is 0.432. The van der Waals surface area contributed by atoms with Crippen LogP contribution in [0.5, 0.6) is 10.1 Å². The molecular formula is C11H19NO2S. The first-order valence-corrected chi connectivity index (χ1v) is 5.90. The van der Waals surface area contributed by atoms with Gasteiger partial charge in [-0.3, -0.25) is 0 Å². The lowest BCUT2D eigenvalue weighted by Crippen LogP contribution is -2.06. The molecule has 1 heterocycles. The first kappa shape index (κ1) is 12.3. The van der Waals surface area contributed by atoms with E-state index in [-0.39, 0.29) is 0 Å². The third-order valence-corrected chi connectivity index (χ3v) is 3.49. The maximum Gasteiger partial charge on any atom is 0.180 e. The molecule has 0 atom stereocenters. The summed E-state index contributed by atoms with van der Waals surface area (Å²) < 4.78 is 10.7. The fourth-order valence-corrected chi connectivity index (χ4v) is 2.85. The highest BCUT2D eigenvalue weighted by Gasteiger charge is 2.21. The van der Waals surface area contributed by atoms with E-state index in [2.05, 4.69) is 13.8 Å². The molecule has 15 heavy (non-hydrogen) atoms. The molecule has 0 aliphatic carbocycles. The van der Waals surface area contributed by atoms with Gasteiger partial charge >= 0.3 is 0 Å². The monoisotopic (exact) mass is 229 g/mol. The van der Waals surface area contributed by atoms with Gasteiger partial charge in [0, 0.05) is 11.1 Å². The van der Waals surface area contributed by atoms with E-state index in [1.54, 1.807) is 25.6 Å². The highest BCUT2D eigenvalue weighted by molar-refractivity contribution is 7.16. The zero-order valence-corrected chi connectivity index (χ0v) is 10.6. The SMILES string of the molecule is COc1sc(OC)c(C(C)C)c1CCN. The van der Waals surface area contributed by atoms with E-state index in [0.717, 1.165) is 16.5 Å². The number of hydrogen-bond acceptors (Lipinski definition) is 4. The molecule has 0 radical (unpaired) electrons. The Morgan fingerprint density at radius 3 is 2.20 bits per heavy atom. The van der Waals surface area contributed by atoms with E-state index < -0.39 is 0 Å². The standard InChI is InChI=1S/C11H19NO2S/c1-7(2)9-8(5-6-12)10(13-3)15-11(9)14-4/h7H,5-6,12H2,1-4H3. The van der Waals surface area contributed by atoms with Gasteiger partial charge in [0.1, 0.15) is 0 Å². The van der Waals surface area contributed by atoms with Gasteiger partial charge in [0.25, 0.3) is 0 Å². The molecule has 4 heteroatoms. The van der Waals surface area contributed by atoms with Crippen molar-refractivity contribution in [3.05, 3.63) is 11.1 Å². The molecule has 2 N–H and O–H groups in total. The van der Waals surface area contributed by atoms with Crippen LogP contribution in [0.3, 0.4) is 0 Å². The Kier molecular flexibility index (Phi) is 4.42. The fourth-order valence-electron chi connectivity index (χ4n) is 1.72. The second-order valence-corrected chi connectivity index (χ2v) is 4.62. The lowest BCUT2D eigenvalue weighted by atomic mass is 9.99. The average molecular weight is 229 g/mol. The topological polar surface area (TPSA) is 44.5 Å². The molecule has 0 fully saturated rings. The van der Waals surface area contributed by atoms with E-state index >= 15 is 0 Å². The summed E-state index contributed by atoms with van der Waals surface area (Å²) in [6.45, 7) is 4.95. The van der Waals surface area contributed by atoms with Crippen molar-refractivity contribution in [1.29, 1.82) is 0 Å². The summed E-state index contributed by atoms with van der Waals surface area (Å²) in [5, 5.41) is 1.88. The number of rotatable bonds is 5. The second-order valence-electron chi connectivity index (χ2n) is 3.67. The second kappa shape index (κ2) is 5.37. The van der Waals surface area contributed by atoms with Gasteiger partial charge in [-0.15, -0.1) is 0 Å². The molecular weight excluding hydrogens is 210 g/mol. The predicted octanol–water partition coefficient (Wildman–Crippen LogP) is 2.39.